The number of rotatable bonds is 10. The molecule has 0 aliphatic rings. The Labute approximate surface area is 182 Å². The second-order valence-electron chi connectivity index (χ2n) is 8.08. The molecule has 2 rings (SSSR count). The molecule has 2 aromatic carbocycles. The minimum atomic E-state index is -4.06. The van der Waals surface area contributed by atoms with Gasteiger partial charge >= 0.3 is 13.7 Å². The first-order valence-electron chi connectivity index (χ1n) is 9.67. The molecule has 0 aromatic heterocycles. The van der Waals surface area contributed by atoms with Gasteiger partial charge in [0.15, 0.2) is 0 Å². The number of nitrogens with one attached hydrogen (secondary N) is 1. The molecule has 31 heavy (non-hydrogen) atoms. The van der Waals surface area contributed by atoms with Crippen molar-refractivity contribution in [1.29, 1.82) is 0 Å². The third kappa shape index (κ3) is 7.82. The van der Waals surface area contributed by atoms with Gasteiger partial charge < -0.3 is 13.8 Å². The van der Waals surface area contributed by atoms with Crippen LogP contribution in [-0.4, -0.2) is 31.6 Å². The van der Waals surface area contributed by atoms with Crippen molar-refractivity contribution in [2.75, 3.05) is 6.54 Å². The van der Waals surface area contributed by atoms with Gasteiger partial charge in [-0.15, -0.1) is 0 Å². The number of carbonyl (C=O) groups excluding carboxylic acids is 1. The van der Waals surface area contributed by atoms with Crippen LogP contribution in [0.25, 0.3) is 0 Å². The molecular weight excluding hydrogens is 439 g/mol. The number of hydrogen-bond acceptors (Lipinski definition) is 7. The van der Waals surface area contributed by atoms with Crippen LogP contribution in [0.1, 0.15) is 13.8 Å². The van der Waals surface area contributed by atoms with Crippen molar-refractivity contribution in [2.45, 2.75) is 39.6 Å². The molecule has 1 N–H and O–H groups in total. The van der Waals surface area contributed by atoms with Gasteiger partial charge in [-0.2, -0.15) is 5.09 Å². The van der Waals surface area contributed by atoms with Gasteiger partial charge in [0.2, 0.25) is 0 Å². The molecule has 9 nitrogen and oxygen atoms in total. The van der Waals surface area contributed by atoms with Gasteiger partial charge in [0, 0.05) is 12.1 Å². The first kappa shape index (κ1) is 24.6. The van der Waals surface area contributed by atoms with Crippen molar-refractivity contribution < 1.29 is 28.1 Å². The summed E-state index contributed by atoms with van der Waals surface area (Å²) >= 11 is 0. The van der Waals surface area contributed by atoms with Crippen molar-refractivity contribution in [1.82, 2.24) is 5.09 Å². The Balaban J connectivity index is 2.22. The SMILES string of the molecule is CC(C)OC(=O)CNP(=O)(Oc1ccc([N+](=O)[O-])cc1)Oc1ccc([Si](C)(C)C)cc1. The predicted molar refractivity (Wildman–Crippen MR) is 121 cm³/mol. The van der Waals surface area contributed by atoms with E-state index >= 15 is 0 Å². The molecule has 1 unspecified atom stereocenters. The van der Waals surface area contributed by atoms with Crippen LogP contribution in [0.5, 0.6) is 11.5 Å². The standard InChI is InChI=1S/C20H27N2O7PSi/c1-15(2)27-20(23)14-21-30(26,28-17-8-6-16(7-9-17)22(24)25)29-18-10-12-19(13-11-18)31(3,4)5/h6-13,15H,14H2,1-5H3,(H,21,26). The summed E-state index contributed by atoms with van der Waals surface area (Å²) in [7, 11) is -5.59. The van der Waals surface area contributed by atoms with Gasteiger partial charge in [-0.1, -0.05) is 37.0 Å². The van der Waals surface area contributed by atoms with Crippen molar-refractivity contribution in [3.63, 3.8) is 0 Å². The fourth-order valence-electron chi connectivity index (χ4n) is 2.47. The normalized spacial score (nSPS) is 13.4. The molecule has 2 aromatic rings. The summed E-state index contributed by atoms with van der Waals surface area (Å²) in [5, 5.41) is 14.5. The van der Waals surface area contributed by atoms with Crippen LogP contribution < -0.4 is 19.3 Å². The van der Waals surface area contributed by atoms with Crippen LogP contribution in [-0.2, 0) is 14.1 Å². The van der Waals surface area contributed by atoms with Crippen molar-refractivity contribution in [2.24, 2.45) is 0 Å². The second-order valence-corrected chi connectivity index (χ2v) is 14.8. The Hall–Kier alpha value is -2.68. The smallest absolute Gasteiger partial charge is 0.462 e. The maximum absolute atomic E-state index is 13.4. The molecule has 11 heteroatoms. The lowest BCUT2D eigenvalue weighted by Gasteiger charge is -2.21. The number of esters is 1. The second kappa shape index (κ2) is 10.1. The Bertz CT molecular complexity index is 957. The lowest BCUT2D eigenvalue weighted by Crippen LogP contribution is -2.37. The van der Waals surface area contributed by atoms with Gasteiger partial charge in [0.25, 0.3) is 5.69 Å². The van der Waals surface area contributed by atoms with Crippen molar-refractivity contribution in [3.8, 4) is 11.5 Å². The molecule has 0 amide bonds. The summed E-state index contributed by atoms with van der Waals surface area (Å²) < 4.78 is 29.5. The van der Waals surface area contributed by atoms with Crippen molar-refractivity contribution >= 4 is 32.7 Å². The maximum Gasteiger partial charge on any atom is 0.513 e. The number of benzene rings is 2. The average Bonchev–Trinajstić information content (AvgIpc) is 2.66. The van der Waals surface area contributed by atoms with Crippen LogP contribution in [0.4, 0.5) is 5.69 Å². The van der Waals surface area contributed by atoms with E-state index in [1.165, 1.54) is 29.5 Å². The molecule has 0 saturated heterocycles. The quantitative estimate of drug-likeness (QED) is 0.182. The van der Waals surface area contributed by atoms with E-state index in [2.05, 4.69) is 24.7 Å². The molecule has 0 aliphatic heterocycles. The zero-order valence-corrected chi connectivity index (χ0v) is 20.0. The summed E-state index contributed by atoms with van der Waals surface area (Å²) in [5.41, 5.74) is -0.140. The number of nitro groups is 1. The van der Waals surface area contributed by atoms with E-state index in [1.807, 2.05) is 12.1 Å². The van der Waals surface area contributed by atoms with E-state index in [-0.39, 0.29) is 23.3 Å². The summed E-state index contributed by atoms with van der Waals surface area (Å²) in [6.07, 6.45) is -0.334. The maximum atomic E-state index is 13.4. The van der Waals surface area contributed by atoms with Gasteiger partial charge in [0.05, 0.1) is 19.1 Å². The number of carbonyl (C=O) groups is 1. The van der Waals surface area contributed by atoms with E-state index < -0.39 is 33.3 Å². The van der Waals surface area contributed by atoms with E-state index in [0.717, 1.165) is 0 Å². The van der Waals surface area contributed by atoms with Gasteiger partial charge in [-0.25, -0.2) is 4.57 Å². The van der Waals surface area contributed by atoms with E-state index in [4.69, 9.17) is 13.8 Å². The Morgan fingerprint density at radius 1 is 1.03 bits per heavy atom. The summed E-state index contributed by atoms with van der Waals surface area (Å²) in [6, 6.07) is 12.2. The fraction of sp³-hybridized carbons (Fsp3) is 0.350. The first-order chi connectivity index (χ1) is 14.4. The summed E-state index contributed by atoms with van der Waals surface area (Å²) in [4.78, 5) is 22.2. The van der Waals surface area contributed by atoms with Crippen LogP contribution >= 0.6 is 7.75 Å². The van der Waals surface area contributed by atoms with Gasteiger partial charge in [0.1, 0.15) is 18.0 Å². The summed E-state index contributed by atoms with van der Waals surface area (Å²) in [5.74, 6) is -0.255. The Kier molecular flexibility index (Phi) is 8.00. The van der Waals surface area contributed by atoms with E-state index in [1.54, 1.807) is 26.0 Å². The number of nitro benzene ring substituents is 1. The molecule has 0 bridgehead atoms. The average molecular weight is 467 g/mol. The third-order valence-electron chi connectivity index (χ3n) is 4.00. The molecule has 1 atom stereocenters. The first-order valence-corrected chi connectivity index (χ1v) is 14.7. The molecule has 0 radical (unpaired) electrons. The Morgan fingerprint density at radius 2 is 1.52 bits per heavy atom. The lowest BCUT2D eigenvalue weighted by atomic mass is 10.3. The zero-order valence-electron chi connectivity index (χ0n) is 18.2. The molecule has 168 valence electrons. The van der Waals surface area contributed by atoms with E-state index in [0.29, 0.717) is 0 Å². The van der Waals surface area contributed by atoms with Gasteiger partial charge in [-0.05, 0) is 38.1 Å². The molecule has 0 heterocycles. The monoisotopic (exact) mass is 466 g/mol. The fourth-order valence-corrected chi connectivity index (χ4v) is 4.93. The molecular formula is C20H27N2O7PSi. The minimum Gasteiger partial charge on any atom is -0.462 e. The van der Waals surface area contributed by atoms with Crippen LogP contribution in [0.2, 0.25) is 19.6 Å². The molecule has 0 saturated carbocycles. The molecule has 0 spiro atoms. The predicted octanol–water partition coefficient (Wildman–Crippen LogP) is 4.25. The Morgan fingerprint density at radius 3 is 1.94 bits per heavy atom. The molecule has 0 aliphatic carbocycles. The highest BCUT2D eigenvalue weighted by Crippen LogP contribution is 2.44. The third-order valence-corrected chi connectivity index (χ3v) is 7.52. The lowest BCUT2D eigenvalue weighted by molar-refractivity contribution is -0.384. The van der Waals surface area contributed by atoms with Crippen LogP contribution in [0, 0.1) is 10.1 Å². The number of non-ortho nitro benzene ring substituents is 1. The zero-order chi connectivity index (χ0) is 23.2. The highest BCUT2D eigenvalue weighted by molar-refractivity contribution is 7.52. The molecule has 0 fully saturated rings. The van der Waals surface area contributed by atoms with Crippen LogP contribution in [0.15, 0.2) is 48.5 Å². The summed E-state index contributed by atoms with van der Waals surface area (Å²) in [6.45, 7) is 9.59. The number of ether oxygens (including phenoxy) is 1. The minimum absolute atomic E-state index is 0.0809. The highest BCUT2D eigenvalue weighted by atomic mass is 31.2. The van der Waals surface area contributed by atoms with E-state index in [9.17, 15) is 19.5 Å². The number of nitrogens with zero attached hydrogens (tertiary/aromatic N) is 1. The largest absolute Gasteiger partial charge is 0.513 e. The van der Waals surface area contributed by atoms with Crippen molar-refractivity contribution in [3.05, 3.63) is 58.6 Å². The highest BCUT2D eigenvalue weighted by Gasteiger charge is 2.30. The van der Waals surface area contributed by atoms with Crippen LogP contribution in [0.3, 0.4) is 0 Å². The number of hydrogen-bond donors (Lipinski definition) is 1. The van der Waals surface area contributed by atoms with Gasteiger partial charge in [-0.3, -0.25) is 14.9 Å². The topological polar surface area (TPSA) is 117 Å².